The molecule has 0 aliphatic heterocycles. The van der Waals surface area contributed by atoms with Gasteiger partial charge in [0.1, 0.15) is 6.61 Å². The van der Waals surface area contributed by atoms with Crippen LogP contribution in [0.25, 0.3) is 0 Å². The number of rotatable bonds is 43. The summed E-state index contributed by atoms with van der Waals surface area (Å²) in [5, 5.41) is 9.64. The van der Waals surface area contributed by atoms with Crippen LogP contribution in [0, 0.1) is 0 Å². The monoisotopic (exact) mass is 843 g/mol. The number of carbonyl (C=O) groups is 3. The molecule has 2 unspecified atom stereocenters. The molecular formula is C52H92NO7+. The quantitative estimate of drug-likeness (QED) is 0.0215. The van der Waals surface area contributed by atoms with Crippen molar-refractivity contribution in [2.24, 2.45) is 0 Å². The molecule has 0 spiro atoms. The lowest BCUT2D eigenvalue weighted by atomic mass is 10.1. The molecule has 8 heteroatoms. The SMILES string of the molecule is CC/C=C/C=C/C=C/C=C/CCCCCCCC(=O)OC(COCCC(C(=O)O)[N+](C)(C)C)COC(=O)CCCCCCCCC/C=C/CCCCCCCCCCCC. The van der Waals surface area contributed by atoms with Crippen molar-refractivity contribution in [3.05, 3.63) is 60.8 Å². The number of esters is 2. The van der Waals surface area contributed by atoms with E-state index in [2.05, 4.69) is 50.3 Å². The molecule has 0 radical (unpaired) electrons. The van der Waals surface area contributed by atoms with Crippen LogP contribution in [-0.4, -0.2) is 80.6 Å². The third-order valence-electron chi connectivity index (χ3n) is 10.7. The van der Waals surface area contributed by atoms with Gasteiger partial charge in [-0.2, -0.15) is 0 Å². The Hall–Kier alpha value is -2.97. The number of ether oxygens (including phenoxy) is 3. The number of hydrogen-bond acceptors (Lipinski definition) is 6. The van der Waals surface area contributed by atoms with Crippen molar-refractivity contribution in [3.63, 3.8) is 0 Å². The molecule has 1 N–H and O–H groups in total. The van der Waals surface area contributed by atoms with E-state index in [0.29, 0.717) is 19.3 Å². The maximum absolute atomic E-state index is 12.7. The minimum atomic E-state index is -0.881. The first kappa shape index (κ1) is 57.0. The Labute approximate surface area is 368 Å². The fourth-order valence-electron chi connectivity index (χ4n) is 6.98. The summed E-state index contributed by atoms with van der Waals surface area (Å²) in [5.41, 5.74) is 0. The van der Waals surface area contributed by atoms with Gasteiger partial charge in [0, 0.05) is 19.3 Å². The first-order valence-corrected chi connectivity index (χ1v) is 24.4. The number of carboxylic acid groups (broad SMARTS) is 1. The molecule has 0 aromatic heterocycles. The van der Waals surface area contributed by atoms with E-state index in [1.54, 1.807) is 0 Å². The van der Waals surface area contributed by atoms with Crippen molar-refractivity contribution in [2.75, 3.05) is 41.0 Å². The van der Waals surface area contributed by atoms with E-state index < -0.39 is 18.1 Å². The van der Waals surface area contributed by atoms with Gasteiger partial charge in [-0.3, -0.25) is 9.59 Å². The number of carboxylic acids is 1. The molecule has 60 heavy (non-hydrogen) atoms. The molecular weight excluding hydrogens is 751 g/mol. The lowest BCUT2D eigenvalue weighted by molar-refractivity contribution is -0.887. The number of quaternary nitrogens is 1. The van der Waals surface area contributed by atoms with Crippen LogP contribution in [0.1, 0.15) is 200 Å². The number of likely N-dealkylation sites (N-methyl/N-ethyl adjacent to an activating group) is 1. The Morgan fingerprint density at radius 1 is 0.517 bits per heavy atom. The maximum Gasteiger partial charge on any atom is 0.362 e. The normalized spacial score (nSPS) is 13.4. The van der Waals surface area contributed by atoms with Gasteiger partial charge in [0.05, 0.1) is 34.4 Å². The van der Waals surface area contributed by atoms with Crippen LogP contribution in [0.15, 0.2) is 60.8 Å². The Morgan fingerprint density at radius 2 is 0.950 bits per heavy atom. The number of unbranched alkanes of at least 4 members (excludes halogenated alkanes) is 22. The number of allylic oxidation sites excluding steroid dienone is 10. The average Bonchev–Trinajstić information content (AvgIpc) is 3.21. The largest absolute Gasteiger partial charge is 0.477 e. The second-order valence-corrected chi connectivity index (χ2v) is 17.4. The fourth-order valence-corrected chi connectivity index (χ4v) is 6.98. The Balaban J connectivity index is 4.28. The third-order valence-corrected chi connectivity index (χ3v) is 10.7. The number of aliphatic carboxylic acids is 1. The summed E-state index contributed by atoms with van der Waals surface area (Å²) in [7, 11) is 5.52. The van der Waals surface area contributed by atoms with E-state index in [4.69, 9.17) is 14.2 Å². The van der Waals surface area contributed by atoms with Crippen LogP contribution in [0.4, 0.5) is 0 Å². The number of carbonyl (C=O) groups excluding carboxylic acids is 2. The highest BCUT2D eigenvalue weighted by Crippen LogP contribution is 2.15. The van der Waals surface area contributed by atoms with E-state index in [1.165, 1.54) is 103 Å². The van der Waals surface area contributed by atoms with E-state index in [0.717, 1.165) is 64.2 Å². The van der Waals surface area contributed by atoms with Crippen LogP contribution in [0.2, 0.25) is 0 Å². The van der Waals surface area contributed by atoms with E-state index in [-0.39, 0.29) is 36.2 Å². The van der Waals surface area contributed by atoms with Crippen molar-refractivity contribution in [3.8, 4) is 0 Å². The van der Waals surface area contributed by atoms with Crippen molar-refractivity contribution in [1.29, 1.82) is 0 Å². The van der Waals surface area contributed by atoms with Gasteiger partial charge >= 0.3 is 17.9 Å². The molecule has 0 aliphatic carbocycles. The predicted octanol–water partition coefficient (Wildman–Crippen LogP) is 13.8. The Morgan fingerprint density at radius 3 is 1.43 bits per heavy atom. The second kappa shape index (κ2) is 42.7. The summed E-state index contributed by atoms with van der Waals surface area (Å²) in [4.78, 5) is 37.1. The van der Waals surface area contributed by atoms with Gasteiger partial charge in [0.25, 0.3) is 0 Å². The van der Waals surface area contributed by atoms with Gasteiger partial charge in [0.15, 0.2) is 12.1 Å². The van der Waals surface area contributed by atoms with Crippen LogP contribution in [-0.2, 0) is 28.6 Å². The predicted molar refractivity (Wildman–Crippen MR) is 252 cm³/mol. The van der Waals surface area contributed by atoms with Crippen molar-refractivity contribution >= 4 is 17.9 Å². The first-order chi connectivity index (χ1) is 29.1. The summed E-state index contributed by atoms with van der Waals surface area (Å²) in [6, 6.07) is -0.622. The van der Waals surface area contributed by atoms with Gasteiger partial charge in [0.2, 0.25) is 0 Å². The highest BCUT2D eigenvalue weighted by molar-refractivity contribution is 5.72. The summed E-state index contributed by atoms with van der Waals surface area (Å²) < 4.78 is 17.3. The molecule has 0 rings (SSSR count). The topological polar surface area (TPSA) is 99.1 Å². The zero-order valence-electron chi connectivity index (χ0n) is 39.4. The second-order valence-electron chi connectivity index (χ2n) is 17.4. The molecule has 0 saturated carbocycles. The summed E-state index contributed by atoms with van der Waals surface area (Å²) in [6.07, 6.45) is 52.7. The van der Waals surface area contributed by atoms with Crippen molar-refractivity contribution < 1.29 is 38.2 Å². The zero-order valence-corrected chi connectivity index (χ0v) is 39.4. The maximum atomic E-state index is 12.7. The zero-order chi connectivity index (χ0) is 44.2. The smallest absolute Gasteiger partial charge is 0.362 e. The molecule has 2 atom stereocenters. The molecule has 0 bridgehead atoms. The van der Waals surface area contributed by atoms with Crippen LogP contribution >= 0.6 is 0 Å². The van der Waals surface area contributed by atoms with Crippen LogP contribution in [0.3, 0.4) is 0 Å². The van der Waals surface area contributed by atoms with Crippen molar-refractivity contribution in [2.45, 2.75) is 212 Å². The molecule has 346 valence electrons. The van der Waals surface area contributed by atoms with Gasteiger partial charge < -0.3 is 23.8 Å². The fraction of sp³-hybridized carbons (Fsp3) is 0.750. The van der Waals surface area contributed by atoms with Crippen LogP contribution < -0.4 is 0 Å². The molecule has 0 aromatic carbocycles. The third kappa shape index (κ3) is 40.4. The molecule has 0 aromatic rings. The molecule has 0 aliphatic rings. The lowest BCUT2D eigenvalue weighted by Crippen LogP contribution is -2.50. The first-order valence-electron chi connectivity index (χ1n) is 24.4. The van der Waals surface area contributed by atoms with Crippen molar-refractivity contribution in [1.82, 2.24) is 0 Å². The average molecular weight is 843 g/mol. The summed E-state index contributed by atoms with van der Waals surface area (Å²) >= 11 is 0. The van der Waals surface area contributed by atoms with E-state index in [9.17, 15) is 19.5 Å². The van der Waals surface area contributed by atoms with Crippen LogP contribution in [0.5, 0.6) is 0 Å². The highest BCUT2D eigenvalue weighted by Gasteiger charge is 2.31. The van der Waals surface area contributed by atoms with E-state index in [1.807, 2.05) is 45.4 Å². The lowest BCUT2D eigenvalue weighted by Gasteiger charge is -2.31. The number of nitrogens with zero attached hydrogens (tertiary/aromatic N) is 1. The molecule has 8 nitrogen and oxygen atoms in total. The molecule has 0 fully saturated rings. The van der Waals surface area contributed by atoms with Gasteiger partial charge in [-0.1, -0.05) is 184 Å². The Bertz CT molecular complexity index is 1170. The van der Waals surface area contributed by atoms with Gasteiger partial charge in [-0.25, -0.2) is 4.79 Å². The minimum absolute atomic E-state index is 0.0482. The van der Waals surface area contributed by atoms with E-state index >= 15 is 0 Å². The molecule has 0 saturated heterocycles. The minimum Gasteiger partial charge on any atom is -0.477 e. The molecule has 0 amide bonds. The van der Waals surface area contributed by atoms with Gasteiger partial charge in [-0.05, 0) is 57.8 Å². The summed E-state index contributed by atoms with van der Waals surface area (Å²) in [6.45, 7) is 4.58. The standard InChI is InChI=1S/C52H91NO7/c1-6-8-10-12-14-16-18-20-22-23-24-25-26-27-29-30-32-34-36-38-40-42-50(54)59-47-48(46-58-45-44-49(52(56)57)53(3,4)5)60-51(55)43-41-39-37-35-33-31-28-21-19-17-15-13-11-9-7-2/h9,11,13,15,17,19,21,25-26,28,48-49H,6-8,10,12,14,16,18,20,22-24,27,29-47H2,1-5H3/p+1/b11-9+,15-13+,19-17+,26-25+,28-21+. The Kier molecular flexibility index (Phi) is 40.6. The molecule has 0 heterocycles. The van der Waals surface area contributed by atoms with Gasteiger partial charge in [-0.15, -0.1) is 0 Å². The number of hydrogen-bond donors (Lipinski definition) is 1. The highest BCUT2D eigenvalue weighted by atomic mass is 16.6. The summed E-state index contributed by atoms with van der Waals surface area (Å²) in [5.74, 6) is -1.50.